The van der Waals surface area contributed by atoms with E-state index in [1.807, 2.05) is 55.5 Å². The molecule has 1 atom stereocenters. The van der Waals surface area contributed by atoms with Crippen LogP contribution in [0.4, 0.5) is 0 Å². The Kier molecular flexibility index (Phi) is 5.59. The van der Waals surface area contributed by atoms with Gasteiger partial charge in [0.1, 0.15) is 16.7 Å². The minimum Gasteiger partial charge on any atom is -0.497 e. The highest BCUT2D eigenvalue weighted by Gasteiger charge is 2.33. The molecule has 0 bridgehead atoms. The van der Waals surface area contributed by atoms with Crippen LogP contribution in [0.5, 0.6) is 11.5 Å². The van der Waals surface area contributed by atoms with E-state index in [1.165, 1.54) is 11.9 Å². The third-order valence-corrected chi connectivity index (χ3v) is 5.40. The Bertz CT molecular complexity index is 1130. The summed E-state index contributed by atoms with van der Waals surface area (Å²) in [5.41, 5.74) is 3.29. The molecule has 2 aromatic carbocycles. The number of pyridine rings is 1. The molecule has 0 saturated heterocycles. The van der Waals surface area contributed by atoms with Crippen molar-refractivity contribution >= 4 is 34.1 Å². The molecule has 1 aliphatic rings. The van der Waals surface area contributed by atoms with Gasteiger partial charge in [0, 0.05) is 24.3 Å². The molecule has 0 N–H and O–H groups in total. The smallest absolute Gasteiger partial charge is 0.240 e. The molecule has 154 valence electrons. The Labute approximate surface area is 180 Å². The summed E-state index contributed by atoms with van der Waals surface area (Å²) in [5.74, 6) is 1.39. The molecule has 3 aromatic rings. The predicted molar refractivity (Wildman–Crippen MR) is 117 cm³/mol. The molecule has 1 amide bonds. The number of fused-ring (bicyclic) bond motifs is 1. The number of carbonyl (C=O) groups excluding carboxylic acids is 1. The van der Waals surface area contributed by atoms with Gasteiger partial charge in [0.2, 0.25) is 5.91 Å². The lowest BCUT2D eigenvalue weighted by Crippen LogP contribution is -2.24. The van der Waals surface area contributed by atoms with Gasteiger partial charge < -0.3 is 9.47 Å². The summed E-state index contributed by atoms with van der Waals surface area (Å²) in [6.07, 6.45) is 0.546. The molecule has 1 aliphatic heterocycles. The maximum absolute atomic E-state index is 12.3. The summed E-state index contributed by atoms with van der Waals surface area (Å²) >= 11 is 6.54. The lowest BCUT2D eigenvalue weighted by Gasteiger charge is -2.21. The maximum Gasteiger partial charge on any atom is 0.240 e. The Morgan fingerprint density at radius 3 is 2.57 bits per heavy atom. The van der Waals surface area contributed by atoms with E-state index in [0.29, 0.717) is 18.2 Å². The van der Waals surface area contributed by atoms with Crippen molar-refractivity contribution < 1.29 is 14.3 Å². The number of halogens is 1. The molecule has 0 radical (unpaired) electrons. The van der Waals surface area contributed by atoms with Crippen LogP contribution in [0.2, 0.25) is 5.15 Å². The van der Waals surface area contributed by atoms with Crippen LogP contribution >= 0.6 is 11.6 Å². The van der Waals surface area contributed by atoms with Gasteiger partial charge in [0.25, 0.3) is 0 Å². The average molecular weight is 424 g/mol. The van der Waals surface area contributed by atoms with Crippen LogP contribution in [-0.4, -0.2) is 35.3 Å². The molecule has 1 aromatic heterocycles. The highest BCUT2D eigenvalue weighted by atomic mass is 35.5. The van der Waals surface area contributed by atoms with E-state index in [1.54, 1.807) is 7.11 Å². The van der Waals surface area contributed by atoms with Crippen molar-refractivity contribution in [1.82, 2.24) is 9.99 Å². The second kappa shape index (κ2) is 8.32. The number of rotatable bonds is 5. The quantitative estimate of drug-likeness (QED) is 0.542. The second-order valence-corrected chi connectivity index (χ2v) is 7.37. The van der Waals surface area contributed by atoms with Crippen molar-refractivity contribution in [2.75, 3.05) is 13.7 Å². The van der Waals surface area contributed by atoms with Crippen LogP contribution in [0.15, 0.2) is 53.6 Å². The zero-order valence-electron chi connectivity index (χ0n) is 17.1. The first-order valence-corrected chi connectivity index (χ1v) is 10.1. The summed E-state index contributed by atoms with van der Waals surface area (Å²) < 4.78 is 10.8. The van der Waals surface area contributed by atoms with Crippen molar-refractivity contribution in [3.63, 3.8) is 0 Å². The van der Waals surface area contributed by atoms with Gasteiger partial charge in [-0.05, 0) is 61.0 Å². The molecule has 0 unspecified atom stereocenters. The normalized spacial score (nSPS) is 15.9. The van der Waals surface area contributed by atoms with Crippen LogP contribution in [-0.2, 0) is 4.79 Å². The standard InChI is InChI=1S/C23H22ClN3O3/c1-4-30-18-9-10-20-16(11-18)12-19(23(24)25-20)22-13-21(26-27(22)14(2)28)15-5-7-17(29-3)8-6-15/h5-12,22H,4,13H2,1-3H3/t22-/m0/s1. The number of hydrogen-bond acceptors (Lipinski definition) is 5. The third kappa shape index (κ3) is 3.83. The van der Waals surface area contributed by atoms with E-state index >= 15 is 0 Å². The van der Waals surface area contributed by atoms with Crippen LogP contribution in [0.25, 0.3) is 10.9 Å². The van der Waals surface area contributed by atoms with Crippen LogP contribution in [0.3, 0.4) is 0 Å². The Morgan fingerprint density at radius 2 is 1.90 bits per heavy atom. The van der Waals surface area contributed by atoms with E-state index in [2.05, 4.69) is 10.1 Å². The van der Waals surface area contributed by atoms with E-state index in [4.69, 9.17) is 21.1 Å². The highest BCUT2D eigenvalue weighted by Crippen LogP contribution is 2.37. The zero-order valence-corrected chi connectivity index (χ0v) is 17.8. The van der Waals surface area contributed by atoms with Crippen LogP contribution in [0.1, 0.15) is 37.4 Å². The summed E-state index contributed by atoms with van der Waals surface area (Å²) in [7, 11) is 1.63. The van der Waals surface area contributed by atoms with Crippen molar-refractivity contribution in [3.05, 3.63) is 64.8 Å². The maximum atomic E-state index is 12.3. The molecular formula is C23H22ClN3O3. The van der Waals surface area contributed by atoms with Gasteiger partial charge in [-0.15, -0.1) is 0 Å². The first-order valence-electron chi connectivity index (χ1n) is 9.75. The molecule has 0 aliphatic carbocycles. The fraction of sp³-hybridized carbons (Fsp3) is 0.261. The lowest BCUT2D eigenvalue weighted by molar-refractivity contribution is -0.130. The second-order valence-electron chi connectivity index (χ2n) is 7.01. The topological polar surface area (TPSA) is 64.0 Å². The third-order valence-electron chi connectivity index (χ3n) is 5.09. The number of methoxy groups -OCH3 is 1. The number of aromatic nitrogens is 1. The number of benzene rings is 2. The lowest BCUT2D eigenvalue weighted by atomic mass is 9.98. The molecule has 2 heterocycles. The number of amides is 1. The van der Waals surface area contributed by atoms with Crippen molar-refractivity contribution in [1.29, 1.82) is 0 Å². The average Bonchev–Trinajstić information content (AvgIpc) is 3.19. The molecular weight excluding hydrogens is 402 g/mol. The number of nitrogens with zero attached hydrogens (tertiary/aromatic N) is 3. The fourth-order valence-electron chi connectivity index (χ4n) is 3.64. The first-order chi connectivity index (χ1) is 14.5. The number of ether oxygens (including phenoxy) is 2. The Balaban J connectivity index is 1.72. The molecule has 7 heteroatoms. The van der Waals surface area contributed by atoms with Crippen molar-refractivity contribution in [3.8, 4) is 11.5 Å². The predicted octanol–water partition coefficient (Wildman–Crippen LogP) is 4.99. The zero-order chi connectivity index (χ0) is 21.3. The Morgan fingerprint density at radius 1 is 1.17 bits per heavy atom. The molecule has 30 heavy (non-hydrogen) atoms. The molecule has 0 fully saturated rings. The van der Waals surface area contributed by atoms with Gasteiger partial charge >= 0.3 is 0 Å². The van der Waals surface area contributed by atoms with E-state index in [9.17, 15) is 4.79 Å². The van der Waals surface area contributed by atoms with E-state index in [0.717, 1.165) is 39.2 Å². The van der Waals surface area contributed by atoms with Gasteiger partial charge in [0.15, 0.2) is 0 Å². The fourth-order valence-corrected chi connectivity index (χ4v) is 3.91. The van der Waals surface area contributed by atoms with Gasteiger partial charge in [-0.1, -0.05) is 11.6 Å². The molecule has 0 spiro atoms. The first kappa shape index (κ1) is 20.2. The van der Waals surface area contributed by atoms with Crippen molar-refractivity contribution in [2.24, 2.45) is 5.10 Å². The van der Waals surface area contributed by atoms with Crippen molar-refractivity contribution in [2.45, 2.75) is 26.3 Å². The minimum absolute atomic E-state index is 0.150. The highest BCUT2D eigenvalue weighted by molar-refractivity contribution is 6.30. The van der Waals surface area contributed by atoms with E-state index in [-0.39, 0.29) is 11.9 Å². The monoisotopic (exact) mass is 423 g/mol. The summed E-state index contributed by atoms with van der Waals surface area (Å²) in [4.78, 5) is 16.9. The molecule has 0 saturated carbocycles. The van der Waals surface area contributed by atoms with Crippen LogP contribution in [0, 0.1) is 0 Å². The van der Waals surface area contributed by atoms with Crippen LogP contribution < -0.4 is 9.47 Å². The van der Waals surface area contributed by atoms with Gasteiger partial charge in [-0.2, -0.15) is 5.10 Å². The Hall–Kier alpha value is -3.12. The molecule has 6 nitrogen and oxygen atoms in total. The van der Waals surface area contributed by atoms with E-state index < -0.39 is 0 Å². The molecule has 4 rings (SSSR count). The largest absolute Gasteiger partial charge is 0.497 e. The van der Waals surface area contributed by atoms with Gasteiger partial charge in [-0.25, -0.2) is 9.99 Å². The summed E-state index contributed by atoms with van der Waals surface area (Å²) in [5, 5.41) is 7.35. The number of hydrogen-bond donors (Lipinski definition) is 0. The summed E-state index contributed by atoms with van der Waals surface area (Å²) in [6.45, 7) is 4.03. The van der Waals surface area contributed by atoms with Gasteiger partial charge in [-0.3, -0.25) is 4.79 Å². The number of hydrazone groups is 1. The SMILES string of the molecule is CCOc1ccc2nc(Cl)c([C@@H]3CC(c4ccc(OC)cc4)=NN3C(C)=O)cc2c1. The number of carbonyl (C=O) groups is 1. The van der Waals surface area contributed by atoms with Gasteiger partial charge in [0.05, 0.1) is 31.0 Å². The minimum atomic E-state index is -0.320. The summed E-state index contributed by atoms with van der Waals surface area (Å²) in [6, 6.07) is 15.0.